The van der Waals surface area contributed by atoms with E-state index >= 15 is 0 Å². The predicted octanol–water partition coefficient (Wildman–Crippen LogP) is 4.85. The maximum Gasteiger partial charge on any atom is 0.163 e. The largest absolute Gasteiger partial charge is 0.512 e. The molecule has 0 bridgehead atoms. The monoisotopic (exact) mass is 382 g/mol. The van der Waals surface area contributed by atoms with Gasteiger partial charge in [0.25, 0.3) is 0 Å². The molecule has 28 heavy (non-hydrogen) atoms. The van der Waals surface area contributed by atoms with Gasteiger partial charge in [-0.25, -0.2) is 0 Å². The van der Waals surface area contributed by atoms with Crippen molar-refractivity contribution in [2.45, 2.75) is 66.2 Å². The Kier molecular flexibility index (Phi) is 5.11. The summed E-state index contributed by atoms with van der Waals surface area (Å²) in [5.74, 6) is -2.01. The molecule has 0 aromatic heterocycles. The topological polar surface area (TPSA) is 71.4 Å². The van der Waals surface area contributed by atoms with E-state index in [0.717, 1.165) is 11.1 Å². The summed E-state index contributed by atoms with van der Waals surface area (Å²) < 4.78 is 0. The van der Waals surface area contributed by atoms with Gasteiger partial charge in [-0.05, 0) is 28.9 Å². The molecule has 0 unspecified atom stereocenters. The molecule has 0 saturated heterocycles. The number of carbonyl (C=O) groups is 3. The highest BCUT2D eigenvalue weighted by Crippen LogP contribution is 2.47. The fourth-order valence-corrected chi connectivity index (χ4v) is 4.87. The van der Waals surface area contributed by atoms with Gasteiger partial charge in [-0.1, -0.05) is 52.0 Å². The van der Waals surface area contributed by atoms with Crippen molar-refractivity contribution in [3.63, 3.8) is 0 Å². The van der Waals surface area contributed by atoms with Gasteiger partial charge in [0.1, 0.15) is 17.3 Å². The molecular weight excluding hydrogens is 352 g/mol. The number of Topliss-reactive ketones (excluding diaryl/α,β-unsaturated/α-hetero) is 3. The minimum Gasteiger partial charge on any atom is -0.512 e. The van der Waals surface area contributed by atoms with Gasteiger partial charge in [-0.15, -0.1) is 0 Å². The molecule has 1 atom stereocenters. The third-order valence-electron chi connectivity index (χ3n) is 6.06. The van der Waals surface area contributed by atoms with Crippen LogP contribution in [-0.4, -0.2) is 22.5 Å². The lowest BCUT2D eigenvalue weighted by atomic mass is 9.62. The zero-order chi connectivity index (χ0) is 20.9. The van der Waals surface area contributed by atoms with Gasteiger partial charge in [0.05, 0.1) is 5.92 Å². The SMILES string of the molecule is Cc1ccccc1[C@H](C1=C(O)CC(C)(C)CC1=O)C1C(=O)CC(C)(C)CC1=O. The van der Waals surface area contributed by atoms with Crippen molar-refractivity contribution in [1.82, 2.24) is 0 Å². The fraction of sp³-hybridized carbons (Fsp3) is 0.542. The molecule has 1 aromatic carbocycles. The van der Waals surface area contributed by atoms with Crippen LogP contribution in [0, 0.1) is 23.7 Å². The third-order valence-corrected chi connectivity index (χ3v) is 6.06. The van der Waals surface area contributed by atoms with Crippen LogP contribution < -0.4 is 0 Å². The van der Waals surface area contributed by atoms with E-state index in [1.807, 2.05) is 58.9 Å². The van der Waals surface area contributed by atoms with Crippen molar-refractivity contribution < 1.29 is 19.5 Å². The highest BCUT2D eigenvalue weighted by atomic mass is 16.3. The van der Waals surface area contributed by atoms with Crippen molar-refractivity contribution in [2.75, 3.05) is 0 Å². The van der Waals surface area contributed by atoms with Crippen LogP contribution in [0.25, 0.3) is 0 Å². The molecule has 150 valence electrons. The number of aryl methyl sites for hydroxylation is 1. The Morgan fingerprint density at radius 2 is 1.43 bits per heavy atom. The first-order valence-corrected chi connectivity index (χ1v) is 9.98. The Morgan fingerprint density at radius 1 is 0.893 bits per heavy atom. The number of ketones is 3. The molecule has 0 heterocycles. The van der Waals surface area contributed by atoms with Crippen LogP contribution in [-0.2, 0) is 14.4 Å². The number of carbonyl (C=O) groups excluding carboxylic acids is 3. The van der Waals surface area contributed by atoms with Crippen LogP contribution >= 0.6 is 0 Å². The lowest BCUT2D eigenvalue weighted by Crippen LogP contribution is -2.43. The molecule has 1 saturated carbocycles. The maximum atomic E-state index is 13.1. The minimum absolute atomic E-state index is 0.0277. The third kappa shape index (κ3) is 3.82. The number of allylic oxidation sites excluding steroid dienone is 2. The lowest BCUT2D eigenvalue weighted by molar-refractivity contribution is -0.140. The maximum absolute atomic E-state index is 13.1. The smallest absolute Gasteiger partial charge is 0.163 e. The molecule has 1 fully saturated rings. The van der Waals surface area contributed by atoms with Gasteiger partial charge in [-0.2, -0.15) is 0 Å². The Labute approximate surface area is 167 Å². The van der Waals surface area contributed by atoms with Gasteiger partial charge in [0, 0.05) is 37.2 Å². The quantitative estimate of drug-likeness (QED) is 0.758. The first-order valence-electron chi connectivity index (χ1n) is 9.98. The van der Waals surface area contributed by atoms with Crippen LogP contribution in [0.1, 0.15) is 70.4 Å². The van der Waals surface area contributed by atoms with E-state index in [0.29, 0.717) is 25.7 Å². The molecule has 1 N–H and O–H groups in total. The zero-order valence-electron chi connectivity index (χ0n) is 17.5. The van der Waals surface area contributed by atoms with E-state index in [-0.39, 0.29) is 39.5 Å². The van der Waals surface area contributed by atoms with Gasteiger partial charge in [0.15, 0.2) is 5.78 Å². The van der Waals surface area contributed by atoms with Crippen LogP contribution in [0.4, 0.5) is 0 Å². The van der Waals surface area contributed by atoms with Crippen molar-refractivity contribution in [3.05, 3.63) is 46.7 Å². The van der Waals surface area contributed by atoms with Crippen molar-refractivity contribution in [2.24, 2.45) is 16.7 Å². The molecule has 0 aliphatic heterocycles. The second-order valence-electron chi connectivity index (χ2n) is 10.1. The highest BCUT2D eigenvalue weighted by Gasteiger charge is 2.48. The molecule has 0 spiro atoms. The van der Waals surface area contributed by atoms with Gasteiger partial charge < -0.3 is 5.11 Å². The standard InChI is InChI=1S/C24H30O4/c1-14-8-6-7-9-15(14)20(21-16(25)10-23(2,3)11-17(21)26)22-18(27)12-24(4,5)13-19(22)28/h6-9,20-21,27H,10-13H2,1-5H3/t20-/m0/s1. The summed E-state index contributed by atoms with van der Waals surface area (Å²) in [5.41, 5.74) is 1.26. The molecule has 2 aliphatic carbocycles. The minimum atomic E-state index is -0.906. The van der Waals surface area contributed by atoms with Crippen molar-refractivity contribution in [1.29, 1.82) is 0 Å². The summed E-state index contributed by atoms with van der Waals surface area (Å²) in [6, 6.07) is 7.53. The van der Waals surface area contributed by atoms with Crippen LogP contribution in [0.2, 0.25) is 0 Å². The second kappa shape index (κ2) is 6.98. The Hall–Kier alpha value is -2.23. The Balaban J connectivity index is 2.18. The van der Waals surface area contributed by atoms with Crippen molar-refractivity contribution >= 4 is 17.3 Å². The van der Waals surface area contributed by atoms with Gasteiger partial charge in [-0.3, -0.25) is 14.4 Å². The molecular formula is C24H30O4. The van der Waals surface area contributed by atoms with E-state index in [4.69, 9.17) is 0 Å². The average Bonchev–Trinajstić information content (AvgIpc) is 2.50. The molecule has 1 aromatic rings. The van der Waals surface area contributed by atoms with Gasteiger partial charge in [0.2, 0.25) is 0 Å². The van der Waals surface area contributed by atoms with E-state index in [1.54, 1.807) is 0 Å². The number of rotatable bonds is 3. The predicted molar refractivity (Wildman–Crippen MR) is 108 cm³/mol. The highest BCUT2D eigenvalue weighted by molar-refractivity contribution is 6.09. The van der Waals surface area contributed by atoms with E-state index < -0.39 is 11.8 Å². The molecule has 2 aliphatic rings. The second-order valence-corrected chi connectivity index (χ2v) is 10.1. The first-order chi connectivity index (χ1) is 12.9. The van der Waals surface area contributed by atoms with Crippen molar-refractivity contribution in [3.8, 4) is 0 Å². The Morgan fingerprint density at radius 3 is 1.96 bits per heavy atom. The summed E-state index contributed by atoms with van der Waals surface area (Å²) >= 11 is 0. The number of aliphatic hydroxyl groups is 1. The first kappa shape index (κ1) is 20.5. The van der Waals surface area contributed by atoms with E-state index in [1.165, 1.54) is 0 Å². The molecule has 3 rings (SSSR count). The number of hydrogen-bond donors (Lipinski definition) is 1. The average molecular weight is 383 g/mol. The molecule has 0 amide bonds. The number of benzene rings is 1. The van der Waals surface area contributed by atoms with Gasteiger partial charge >= 0.3 is 0 Å². The normalized spacial score (nSPS) is 23.8. The Bertz CT molecular complexity index is 852. The summed E-state index contributed by atoms with van der Waals surface area (Å²) in [5, 5.41) is 10.8. The van der Waals surface area contributed by atoms with Crippen LogP contribution in [0.3, 0.4) is 0 Å². The summed E-state index contributed by atoms with van der Waals surface area (Å²) in [6.07, 6.45) is 1.28. The molecule has 4 heteroatoms. The molecule has 0 radical (unpaired) electrons. The number of aliphatic hydroxyl groups excluding tert-OH is 1. The molecule has 4 nitrogen and oxygen atoms in total. The van der Waals surface area contributed by atoms with E-state index in [9.17, 15) is 19.5 Å². The summed E-state index contributed by atoms with van der Waals surface area (Å²) in [6.45, 7) is 9.65. The van der Waals surface area contributed by atoms with E-state index in [2.05, 4.69) is 0 Å². The fourth-order valence-electron chi connectivity index (χ4n) is 4.87. The van der Waals surface area contributed by atoms with Crippen LogP contribution in [0.5, 0.6) is 0 Å². The zero-order valence-corrected chi connectivity index (χ0v) is 17.5. The summed E-state index contributed by atoms with van der Waals surface area (Å²) in [4.78, 5) is 39.3. The summed E-state index contributed by atoms with van der Waals surface area (Å²) in [7, 11) is 0. The lowest BCUT2D eigenvalue weighted by Gasteiger charge is -2.39. The van der Waals surface area contributed by atoms with Crippen LogP contribution in [0.15, 0.2) is 35.6 Å². The number of hydrogen-bond acceptors (Lipinski definition) is 4.